The highest BCUT2D eigenvalue weighted by molar-refractivity contribution is 7.92. The number of ether oxygens (including phenoxy) is 1. The predicted octanol–water partition coefficient (Wildman–Crippen LogP) is 4.46. The molecule has 5 N–H and O–H groups in total. The molecule has 0 radical (unpaired) electrons. The molecule has 0 aromatic heterocycles. The molecule has 0 bridgehead atoms. The average Bonchev–Trinajstić information content (AvgIpc) is 3.39. The first-order valence-electron chi connectivity index (χ1n) is 12.8. The van der Waals surface area contributed by atoms with E-state index in [2.05, 4.69) is 24.5 Å². The number of carbonyl (C=O) groups excluding carboxylic acids is 2. The Morgan fingerprint density at radius 2 is 2.03 bits per heavy atom. The Hall–Kier alpha value is -2.76. The maximum Gasteiger partial charge on any atom is 0.339 e. The highest BCUT2D eigenvalue weighted by Crippen LogP contribution is 2.29. The summed E-state index contributed by atoms with van der Waals surface area (Å²) < 4.78 is 10.8. The van der Waals surface area contributed by atoms with Gasteiger partial charge in [0.05, 0.1) is 44.6 Å². The summed E-state index contributed by atoms with van der Waals surface area (Å²) in [6.07, 6.45) is 6.48. The first kappa shape index (κ1) is 30.8. The van der Waals surface area contributed by atoms with Crippen molar-refractivity contribution in [1.82, 2.24) is 15.3 Å². The highest BCUT2D eigenvalue weighted by Gasteiger charge is 2.33. The van der Waals surface area contributed by atoms with Crippen LogP contribution in [-0.2, 0) is 21.9 Å². The zero-order chi connectivity index (χ0) is 28.4. The van der Waals surface area contributed by atoms with Crippen LogP contribution in [0.15, 0.2) is 60.7 Å². The number of hydrogen-bond donors (Lipinski definition) is 3. The number of nitrogens with zero attached hydrogens (tertiary/aromatic N) is 2. The van der Waals surface area contributed by atoms with E-state index in [4.69, 9.17) is 31.4 Å². The molecular weight excluding hydrogens is 538 g/mol. The Kier molecular flexibility index (Phi) is 11.5. The fraction of sp³-hybridized carbons (Fsp3) is 0.429. The lowest BCUT2D eigenvalue weighted by Gasteiger charge is -2.32. The third-order valence-electron chi connectivity index (χ3n) is 6.61. The lowest BCUT2D eigenvalue weighted by molar-refractivity contribution is -0.126. The summed E-state index contributed by atoms with van der Waals surface area (Å²) in [5.74, 6) is 0.271. The van der Waals surface area contributed by atoms with Crippen LogP contribution in [0.2, 0.25) is 5.02 Å². The molecular formula is C28H38ClN5O4S. The Balaban J connectivity index is 1.80. The molecule has 1 fully saturated rings. The minimum Gasteiger partial charge on any atom is -0.497 e. The zero-order valence-corrected chi connectivity index (χ0v) is 24.2. The monoisotopic (exact) mass is 575 g/mol. The molecule has 2 aromatic rings. The molecule has 1 aliphatic heterocycles. The van der Waals surface area contributed by atoms with Crippen molar-refractivity contribution in [3.8, 4) is 5.75 Å². The molecule has 212 valence electrons. The van der Waals surface area contributed by atoms with Crippen LogP contribution in [0.4, 0.5) is 4.79 Å². The maximum atomic E-state index is 13.7. The number of methoxy groups -OCH3 is 1. The zero-order valence-electron chi connectivity index (χ0n) is 22.6. The van der Waals surface area contributed by atoms with Gasteiger partial charge in [-0.25, -0.2) is 9.80 Å². The van der Waals surface area contributed by atoms with Crippen molar-refractivity contribution in [1.29, 1.82) is 0 Å². The molecule has 11 heteroatoms. The second-order valence-corrected chi connectivity index (χ2v) is 10.9. The summed E-state index contributed by atoms with van der Waals surface area (Å²) in [6.45, 7) is 4.80. The summed E-state index contributed by atoms with van der Waals surface area (Å²) in [4.78, 5) is 28.0. The van der Waals surface area contributed by atoms with Gasteiger partial charge in [-0.2, -0.15) is 0 Å². The molecule has 0 spiro atoms. The number of benzene rings is 2. The van der Waals surface area contributed by atoms with Gasteiger partial charge in [0, 0.05) is 17.0 Å². The second kappa shape index (κ2) is 14.6. The van der Waals surface area contributed by atoms with Gasteiger partial charge in [0.25, 0.3) is 5.91 Å². The van der Waals surface area contributed by atoms with Crippen LogP contribution in [0.3, 0.4) is 0 Å². The Morgan fingerprint density at radius 1 is 1.28 bits per heavy atom. The Bertz CT molecular complexity index is 1130. The first-order chi connectivity index (χ1) is 18.6. The van der Waals surface area contributed by atoms with Gasteiger partial charge in [-0.1, -0.05) is 54.9 Å². The molecule has 9 nitrogen and oxygen atoms in total. The van der Waals surface area contributed by atoms with Crippen LogP contribution in [0.1, 0.15) is 37.8 Å². The molecule has 2 unspecified atom stereocenters. The van der Waals surface area contributed by atoms with Gasteiger partial charge in [-0.15, -0.1) is 0 Å². The minimum atomic E-state index is -0.766. The number of nitrogens with two attached hydrogens (primary N) is 2. The standard InChI is InChI=1S/C28H38ClN5O4S/c1-20(30)26(35)32-34(18-21-9-11-25(37-3)12-10-21)27(36)33-15-5-8-24(33)13-14-28(2,19-38-39-31)17-22-6-4-7-23(29)16-22/h4,6-7,9-14,16,20,24H,5,8,15,17-19,30-31H2,1-3H3,(H,32,35)/b14-13+/t20?,24?,28-/m0/s1. The van der Waals surface area contributed by atoms with Gasteiger partial charge >= 0.3 is 6.03 Å². The summed E-state index contributed by atoms with van der Waals surface area (Å²) in [6, 6.07) is 13.9. The molecule has 0 saturated carbocycles. The Labute approximate surface area is 240 Å². The number of nitrogens with one attached hydrogen (secondary N) is 1. The van der Waals surface area contributed by atoms with E-state index in [1.54, 1.807) is 18.9 Å². The van der Waals surface area contributed by atoms with Crippen LogP contribution >= 0.6 is 23.8 Å². The van der Waals surface area contributed by atoms with Crippen molar-refractivity contribution in [3.05, 3.63) is 76.8 Å². The quantitative estimate of drug-likeness (QED) is 0.156. The van der Waals surface area contributed by atoms with Crippen LogP contribution in [0.5, 0.6) is 5.75 Å². The van der Waals surface area contributed by atoms with Crippen LogP contribution in [0, 0.1) is 5.41 Å². The average molecular weight is 576 g/mol. The summed E-state index contributed by atoms with van der Waals surface area (Å²) in [5.41, 5.74) is 10.0. The number of rotatable bonds is 11. The maximum absolute atomic E-state index is 13.7. The number of urea groups is 1. The molecule has 3 atom stereocenters. The number of hydrazine groups is 1. The van der Waals surface area contributed by atoms with Crippen molar-refractivity contribution in [2.75, 3.05) is 20.3 Å². The van der Waals surface area contributed by atoms with Crippen LogP contribution in [-0.4, -0.2) is 54.2 Å². The SMILES string of the molecule is COc1ccc(CN(NC(=O)C(C)N)C(=O)N2CCCC2/C=C/[C@](C)(COSN)Cc2cccc(Cl)c2)cc1. The molecule has 3 rings (SSSR count). The van der Waals surface area contributed by atoms with Crippen molar-refractivity contribution < 1.29 is 18.5 Å². The molecule has 39 heavy (non-hydrogen) atoms. The van der Waals surface area contributed by atoms with Gasteiger partial charge in [0.15, 0.2) is 0 Å². The fourth-order valence-electron chi connectivity index (χ4n) is 4.47. The molecule has 2 aromatic carbocycles. The van der Waals surface area contributed by atoms with E-state index < -0.39 is 11.9 Å². The lowest BCUT2D eigenvalue weighted by Crippen LogP contribution is -2.55. The van der Waals surface area contributed by atoms with E-state index in [1.165, 1.54) is 5.01 Å². The third kappa shape index (κ3) is 9.15. The molecule has 1 heterocycles. The lowest BCUT2D eigenvalue weighted by atomic mass is 9.83. The van der Waals surface area contributed by atoms with Crippen molar-refractivity contribution in [2.24, 2.45) is 16.3 Å². The Morgan fingerprint density at radius 3 is 2.67 bits per heavy atom. The van der Waals surface area contributed by atoms with Crippen LogP contribution in [0.25, 0.3) is 0 Å². The topological polar surface area (TPSA) is 123 Å². The van der Waals surface area contributed by atoms with E-state index in [0.29, 0.717) is 30.3 Å². The normalized spacial score (nSPS) is 17.6. The van der Waals surface area contributed by atoms with E-state index in [1.807, 2.05) is 48.5 Å². The number of amides is 3. The van der Waals surface area contributed by atoms with Gasteiger partial charge < -0.3 is 19.6 Å². The van der Waals surface area contributed by atoms with E-state index >= 15 is 0 Å². The summed E-state index contributed by atoms with van der Waals surface area (Å²) >= 11 is 7.04. The molecule has 1 aliphatic rings. The van der Waals surface area contributed by atoms with Crippen LogP contribution < -0.4 is 21.0 Å². The van der Waals surface area contributed by atoms with Gasteiger partial charge in [0.2, 0.25) is 0 Å². The molecule has 0 aliphatic carbocycles. The van der Waals surface area contributed by atoms with Gasteiger partial charge in [0.1, 0.15) is 5.75 Å². The van der Waals surface area contributed by atoms with Gasteiger partial charge in [-0.05, 0) is 61.6 Å². The van der Waals surface area contributed by atoms with Crippen molar-refractivity contribution >= 4 is 35.8 Å². The van der Waals surface area contributed by atoms with E-state index in [-0.39, 0.29) is 24.0 Å². The van der Waals surface area contributed by atoms with Crippen molar-refractivity contribution in [3.63, 3.8) is 0 Å². The number of halogens is 1. The third-order valence-corrected chi connectivity index (χ3v) is 7.10. The number of likely N-dealkylation sites (tertiary alicyclic amines) is 1. The smallest absolute Gasteiger partial charge is 0.339 e. The van der Waals surface area contributed by atoms with Crippen molar-refractivity contribution in [2.45, 2.75) is 51.7 Å². The predicted molar refractivity (Wildman–Crippen MR) is 156 cm³/mol. The summed E-state index contributed by atoms with van der Waals surface area (Å²) in [5, 5.41) is 7.55. The summed E-state index contributed by atoms with van der Waals surface area (Å²) in [7, 11) is 1.59. The minimum absolute atomic E-state index is 0.146. The van der Waals surface area contributed by atoms with E-state index in [9.17, 15) is 9.59 Å². The van der Waals surface area contributed by atoms with E-state index in [0.717, 1.165) is 36.2 Å². The second-order valence-electron chi connectivity index (χ2n) is 10.1. The fourth-order valence-corrected chi connectivity index (χ4v) is 5.02. The molecule has 3 amide bonds. The largest absolute Gasteiger partial charge is 0.497 e. The highest BCUT2D eigenvalue weighted by atomic mass is 35.5. The molecule has 1 saturated heterocycles. The number of carbonyl (C=O) groups is 2. The first-order valence-corrected chi connectivity index (χ1v) is 14.0. The van der Waals surface area contributed by atoms with Gasteiger partial charge in [-0.3, -0.25) is 15.4 Å². The number of hydrogen-bond acceptors (Lipinski definition) is 7.